The number of carbonyl (C=O) groups excluding carboxylic acids is 1. The Morgan fingerprint density at radius 1 is 1.03 bits per heavy atom. The summed E-state index contributed by atoms with van der Waals surface area (Å²) < 4.78 is 16.7. The fraction of sp³-hybridized carbons (Fsp3) is 0.321. The third-order valence-electron chi connectivity index (χ3n) is 6.17. The van der Waals surface area contributed by atoms with Gasteiger partial charge in [0.2, 0.25) is 6.79 Å². The molecule has 0 bridgehead atoms. The van der Waals surface area contributed by atoms with Crippen LogP contribution in [0.15, 0.2) is 60.7 Å². The van der Waals surface area contributed by atoms with Crippen molar-refractivity contribution in [3.05, 3.63) is 60.7 Å². The number of hydrogen-bond donors (Lipinski definition) is 2. The van der Waals surface area contributed by atoms with E-state index in [0.29, 0.717) is 18.9 Å². The van der Waals surface area contributed by atoms with Gasteiger partial charge in [-0.15, -0.1) is 0 Å². The van der Waals surface area contributed by atoms with Crippen LogP contribution in [0.5, 0.6) is 17.4 Å². The molecule has 0 spiro atoms. The molecule has 1 amide bonds. The van der Waals surface area contributed by atoms with Crippen molar-refractivity contribution < 1.29 is 28.9 Å². The third kappa shape index (κ3) is 6.83. The van der Waals surface area contributed by atoms with E-state index in [1.165, 1.54) is 0 Å². The van der Waals surface area contributed by atoms with Gasteiger partial charge in [-0.25, -0.2) is 0 Å². The van der Waals surface area contributed by atoms with Gasteiger partial charge in [0.1, 0.15) is 0 Å². The summed E-state index contributed by atoms with van der Waals surface area (Å²) in [4.78, 5) is 27.0. The normalized spacial score (nSPS) is 13.2. The second-order valence-electron chi connectivity index (χ2n) is 9.41. The van der Waals surface area contributed by atoms with Crippen molar-refractivity contribution in [2.45, 2.75) is 37.9 Å². The number of fused-ring (bicyclic) bond motifs is 1. The molecule has 192 valence electrons. The second-order valence-corrected chi connectivity index (χ2v) is 10.5. The maximum atomic E-state index is 12.3. The van der Waals surface area contributed by atoms with E-state index in [2.05, 4.69) is 22.4 Å². The first-order valence-corrected chi connectivity index (χ1v) is 13.1. The molecule has 1 aliphatic heterocycles. The van der Waals surface area contributed by atoms with E-state index in [1.807, 2.05) is 79.2 Å². The molecule has 2 aromatic carbocycles. The number of aromatic nitrogens is 1. The van der Waals surface area contributed by atoms with Crippen molar-refractivity contribution in [2.24, 2.45) is 5.41 Å². The summed E-state index contributed by atoms with van der Waals surface area (Å²) in [6, 6.07) is 19.8. The van der Waals surface area contributed by atoms with Crippen LogP contribution in [0.4, 0.5) is 0 Å². The average molecular weight is 564 g/mol. The van der Waals surface area contributed by atoms with Gasteiger partial charge in [0, 0.05) is 5.56 Å². The Morgan fingerprint density at radius 3 is 2.49 bits per heavy atom. The van der Waals surface area contributed by atoms with E-state index in [4.69, 9.17) is 19.3 Å². The number of amides is 1. The zero-order valence-electron chi connectivity index (χ0n) is 20.8. The molecule has 1 atom stereocenters. The molecule has 2 heterocycles. The van der Waals surface area contributed by atoms with Crippen molar-refractivity contribution in [3.8, 4) is 39.8 Å². The number of nitrogens with one attached hydrogen (secondary N) is 1. The monoisotopic (exact) mass is 564 g/mol. The summed E-state index contributed by atoms with van der Waals surface area (Å²) in [5.41, 5.74) is 3.26. The first-order valence-electron chi connectivity index (χ1n) is 12.0. The van der Waals surface area contributed by atoms with E-state index < -0.39 is 16.2 Å². The number of carboxylic acid groups (broad SMARTS) is 1. The molecule has 9 heteroatoms. The van der Waals surface area contributed by atoms with Crippen LogP contribution in [-0.4, -0.2) is 57.0 Å². The van der Waals surface area contributed by atoms with Crippen LogP contribution in [0.1, 0.15) is 33.1 Å². The second kappa shape index (κ2) is 11.7. The molecule has 0 saturated heterocycles. The molecule has 0 saturated carbocycles. The molecule has 0 fully saturated rings. The summed E-state index contributed by atoms with van der Waals surface area (Å²) in [6.45, 7) is 4.35. The zero-order valence-corrected chi connectivity index (χ0v) is 22.6. The van der Waals surface area contributed by atoms with Crippen LogP contribution in [0.25, 0.3) is 22.4 Å². The number of hydrogen-bond acceptors (Lipinski definition) is 6. The van der Waals surface area contributed by atoms with Gasteiger partial charge in [-0.2, -0.15) is 0 Å². The maximum absolute atomic E-state index is 12.3. The molecule has 1 aliphatic rings. The van der Waals surface area contributed by atoms with Crippen molar-refractivity contribution >= 4 is 28.7 Å². The average Bonchev–Trinajstić information content (AvgIpc) is 3.36. The Morgan fingerprint density at radius 2 is 1.73 bits per heavy atom. The number of benzene rings is 2. The molecule has 1 unspecified atom stereocenters. The molecule has 0 aliphatic carbocycles. The summed E-state index contributed by atoms with van der Waals surface area (Å²) in [5, 5.41) is 11.5. The van der Waals surface area contributed by atoms with Gasteiger partial charge in [-0.1, -0.05) is 30.3 Å². The Kier molecular flexibility index (Phi) is 8.39. The van der Waals surface area contributed by atoms with E-state index >= 15 is 0 Å². The molecule has 1 aromatic heterocycles. The van der Waals surface area contributed by atoms with Gasteiger partial charge in [0.15, 0.2) is 11.5 Å². The van der Waals surface area contributed by atoms with Crippen molar-refractivity contribution in [3.63, 3.8) is 0 Å². The summed E-state index contributed by atoms with van der Waals surface area (Å²) in [6.07, 6.45) is 2.12. The van der Waals surface area contributed by atoms with Crippen LogP contribution in [0.3, 0.4) is 0 Å². The number of carbonyl (C=O) groups is 2. The molecule has 3 aromatic rings. The Bertz CT molecular complexity index is 1260. The zero-order chi connectivity index (χ0) is 26.4. The quantitative estimate of drug-likeness (QED) is 0.262. The van der Waals surface area contributed by atoms with Gasteiger partial charge in [0.05, 0.1) is 0 Å². The minimum absolute atomic E-state index is 0.254. The number of aliphatic carboxylic acids is 1. The first kappa shape index (κ1) is 26.5. The summed E-state index contributed by atoms with van der Waals surface area (Å²) >= 11 is 1.95. The Hall–Kier alpha value is -3.51. The predicted octanol–water partition coefficient (Wildman–Crippen LogP) is 4.42. The van der Waals surface area contributed by atoms with E-state index in [-0.39, 0.29) is 12.7 Å². The molecular weight excluding hydrogens is 535 g/mol. The summed E-state index contributed by atoms with van der Waals surface area (Å²) in [5.74, 6) is 0.711. The van der Waals surface area contributed by atoms with Crippen LogP contribution in [-0.2, 0) is 9.59 Å². The molecular formula is C28H29AsN2O6. The number of rotatable bonds is 11. The van der Waals surface area contributed by atoms with E-state index in [0.717, 1.165) is 46.7 Å². The van der Waals surface area contributed by atoms with Crippen LogP contribution in [0.2, 0.25) is 0 Å². The van der Waals surface area contributed by atoms with Crippen molar-refractivity contribution in [2.75, 3.05) is 13.4 Å². The summed E-state index contributed by atoms with van der Waals surface area (Å²) in [7, 11) is 0. The van der Waals surface area contributed by atoms with Crippen LogP contribution < -0.4 is 19.5 Å². The van der Waals surface area contributed by atoms with Crippen LogP contribution >= 0.6 is 0 Å². The van der Waals surface area contributed by atoms with E-state index in [1.54, 1.807) is 0 Å². The van der Waals surface area contributed by atoms with E-state index in [9.17, 15) is 9.59 Å². The third-order valence-corrected chi connectivity index (χ3v) is 6.91. The number of ether oxygens (including phenoxy) is 3. The number of unbranched alkanes of at least 4 members (excludes halogenated alkanes) is 1. The number of nitrogens with zero attached hydrogens (tertiary/aromatic N) is 1. The van der Waals surface area contributed by atoms with Gasteiger partial charge in [-0.3, -0.25) is 0 Å². The minimum atomic E-state index is -1.08. The van der Waals surface area contributed by atoms with Crippen molar-refractivity contribution in [1.82, 2.24) is 10.3 Å². The standard InChI is InChI=1S/C28H29AsN2O6/c1-28(2,27(34)31-25(29)26(32)33)14-3-4-15-35-24-7-5-6-21(30-24)19-10-8-18(9-11-19)20-12-13-22-23(16-20)37-17-36-22/h5-13,16,25H,3-4,14-15,17H2,1-2H3,(H,31,34)(H,32,33). The molecule has 37 heavy (non-hydrogen) atoms. The van der Waals surface area contributed by atoms with Gasteiger partial charge < -0.3 is 9.47 Å². The molecule has 2 N–H and O–H groups in total. The van der Waals surface area contributed by atoms with Gasteiger partial charge in [-0.05, 0) is 29.3 Å². The van der Waals surface area contributed by atoms with Gasteiger partial charge in [0.25, 0.3) is 0 Å². The molecule has 4 rings (SSSR count). The fourth-order valence-corrected chi connectivity index (χ4v) is 4.15. The van der Waals surface area contributed by atoms with Crippen molar-refractivity contribution in [1.29, 1.82) is 0 Å². The van der Waals surface area contributed by atoms with Gasteiger partial charge >= 0.3 is 132 Å². The molecule has 8 nitrogen and oxygen atoms in total. The predicted molar refractivity (Wildman–Crippen MR) is 140 cm³/mol. The first-order chi connectivity index (χ1) is 17.7. The Labute approximate surface area is 224 Å². The number of pyridine rings is 1. The fourth-order valence-electron chi connectivity index (χ4n) is 3.91. The molecule has 2 radical (unpaired) electrons. The Balaban J connectivity index is 1.28. The SMILES string of the molecule is CC(C)(CCCCOc1cccc(-c2ccc(-c3ccc4c(c3)OCO4)cc2)n1)C(=O)NC([As])C(=O)O. The number of carboxylic acids is 1. The van der Waals surface area contributed by atoms with Crippen LogP contribution in [0, 0.1) is 5.41 Å². The topological polar surface area (TPSA) is 107 Å².